The van der Waals surface area contributed by atoms with Gasteiger partial charge in [0.2, 0.25) is 5.91 Å². The lowest BCUT2D eigenvalue weighted by molar-refractivity contribution is -0.119. The predicted molar refractivity (Wildman–Crippen MR) is 82.7 cm³/mol. The molecule has 0 aliphatic rings. The van der Waals surface area contributed by atoms with Gasteiger partial charge in [0, 0.05) is 7.05 Å². The molecule has 2 rings (SSSR count). The van der Waals surface area contributed by atoms with Crippen LogP contribution in [0, 0.1) is 27.7 Å². The zero-order chi connectivity index (χ0) is 15.9. The van der Waals surface area contributed by atoms with Crippen molar-refractivity contribution in [2.45, 2.75) is 40.7 Å². The van der Waals surface area contributed by atoms with Gasteiger partial charge in [-0.25, -0.2) is 0 Å². The molecular formula is C14H20ClN5O. The number of carbonyl (C=O) groups excluding carboxylic acids is 1. The van der Waals surface area contributed by atoms with Crippen molar-refractivity contribution < 1.29 is 4.79 Å². The summed E-state index contributed by atoms with van der Waals surface area (Å²) in [7, 11) is 1.85. The third kappa shape index (κ3) is 2.68. The number of hydrogen-bond acceptors (Lipinski definition) is 3. The van der Waals surface area contributed by atoms with Crippen molar-refractivity contribution in [2.24, 2.45) is 7.05 Å². The number of carbonyl (C=O) groups is 1. The number of amides is 1. The summed E-state index contributed by atoms with van der Waals surface area (Å²) in [6, 6.07) is -0.449. The van der Waals surface area contributed by atoms with Crippen LogP contribution >= 0.6 is 11.6 Å². The van der Waals surface area contributed by atoms with Crippen LogP contribution in [0.5, 0.6) is 0 Å². The SMILES string of the molecule is Cc1nn(C(C)C(=O)Nc2c(C)nn(C)c2C)c(C)c1Cl. The van der Waals surface area contributed by atoms with Gasteiger partial charge >= 0.3 is 0 Å². The third-order valence-corrected chi connectivity index (χ3v) is 4.29. The van der Waals surface area contributed by atoms with E-state index in [1.54, 1.807) is 16.3 Å². The molecule has 6 nitrogen and oxygen atoms in total. The zero-order valence-electron chi connectivity index (χ0n) is 13.2. The fourth-order valence-electron chi connectivity index (χ4n) is 2.31. The Labute approximate surface area is 129 Å². The van der Waals surface area contributed by atoms with E-state index < -0.39 is 6.04 Å². The monoisotopic (exact) mass is 309 g/mol. The lowest BCUT2D eigenvalue weighted by Crippen LogP contribution is -2.25. The molecule has 0 saturated carbocycles. The van der Waals surface area contributed by atoms with Crippen LogP contribution in [-0.4, -0.2) is 25.5 Å². The van der Waals surface area contributed by atoms with E-state index in [0.717, 1.165) is 28.5 Å². The highest BCUT2D eigenvalue weighted by Crippen LogP contribution is 2.24. The van der Waals surface area contributed by atoms with Gasteiger partial charge in [0.15, 0.2) is 0 Å². The second-order valence-electron chi connectivity index (χ2n) is 5.26. The van der Waals surface area contributed by atoms with E-state index in [1.807, 2.05) is 34.7 Å². The number of hydrogen-bond donors (Lipinski definition) is 1. The van der Waals surface area contributed by atoms with Crippen molar-refractivity contribution in [3.63, 3.8) is 0 Å². The Morgan fingerprint density at radius 2 is 1.76 bits per heavy atom. The molecule has 0 bridgehead atoms. The standard InChI is InChI=1S/C14H20ClN5O/c1-7-12(15)9(3)20(18-7)11(5)14(21)16-13-8(2)17-19(6)10(13)4/h11H,1-6H3,(H,16,21). The molecule has 0 spiro atoms. The van der Waals surface area contributed by atoms with Crippen LogP contribution in [0.15, 0.2) is 0 Å². The largest absolute Gasteiger partial charge is 0.321 e. The molecule has 1 unspecified atom stereocenters. The van der Waals surface area contributed by atoms with Gasteiger partial charge in [-0.2, -0.15) is 10.2 Å². The summed E-state index contributed by atoms with van der Waals surface area (Å²) in [6.07, 6.45) is 0. The van der Waals surface area contributed by atoms with E-state index in [9.17, 15) is 4.79 Å². The first-order chi connectivity index (χ1) is 9.73. The lowest BCUT2D eigenvalue weighted by atomic mass is 10.2. The summed E-state index contributed by atoms with van der Waals surface area (Å²) in [5, 5.41) is 12.1. The highest BCUT2D eigenvalue weighted by Gasteiger charge is 2.22. The molecule has 1 N–H and O–H groups in total. The molecule has 0 aromatic carbocycles. The van der Waals surface area contributed by atoms with Gasteiger partial charge in [-0.15, -0.1) is 0 Å². The highest BCUT2D eigenvalue weighted by atomic mass is 35.5. The molecule has 0 saturated heterocycles. The number of aryl methyl sites for hydroxylation is 3. The molecule has 7 heteroatoms. The second kappa shape index (κ2) is 5.52. The summed E-state index contributed by atoms with van der Waals surface area (Å²) in [5.74, 6) is -0.142. The van der Waals surface area contributed by atoms with E-state index in [0.29, 0.717) is 5.02 Å². The molecule has 2 aromatic heterocycles. The minimum Gasteiger partial charge on any atom is -0.321 e. The minimum absolute atomic E-state index is 0.142. The van der Waals surface area contributed by atoms with Gasteiger partial charge in [0.05, 0.1) is 33.5 Å². The fourth-order valence-corrected chi connectivity index (χ4v) is 2.44. The molecular weight excluding hydrogens is 290 g/mol. The van der Waals surface area contributed by atoms with E-state index in [2.05, 4.69) is 15.5 Å². The summed E-state index contributed by atoms with van der Waals surface area (Å²) in [4.78, 5) is 12.4. The zero-order valence-corrected chi connectivity index (χ0v) is 13.9. The van der Waals surface area contributed by atoms with Crippen LogP contribution in [0.1, 0.15) is 35.7 Å². The van der Waals surface area contributed by atoms with Gasteiger partial charge in [-0.3, -0.25) is 14.2 Å². The van der Waals surface area contributed by atoms with E-state index >= 15 is 0 Å². The van der Waals surface area contributed by atoms with Gasteiger partial charge in [-0.05, 0) is 34.6 Å². The molecule has 1 atom stereocenters. The first-order valence-corrected chi connectivity index (χ1v) is 7.14. The van der Waals surface area contributed by atoms with E-state index in [4.69, 9.17) is 11.6 Å². The average Bonchev–Trinajstić information content (AvgIpc) is 2.82. The third-order valence-electron chi connectivity index (χ3n) is 3.74. The minimum atomic E-state index is -0.449. The van der Waals surface area contributed by atoms with Crippen LogP contribution in [-0.2, 0) is 11.8 Å². The second-order valence-corrected chi connectivity index (χ2v) is 5.64. The molecule has 0 aliphatic carbocycles. The number of nitrogens with one attached hydrogen (secondary N) is 1. The maximum atomic E-state index is 12.4. The highest BCUT2D eigenvalue weighted by molar-refractivity contribution is 6.31. The molecule has 114 valence electrons. The van der Waals surface area contributed by atoms with Gasteiger partial charge in [-0.1, -0.05) is 11.6 Å². The average molecular weight is 310 g/mol. The van der Waals surface area contributed by atoms with Crippen LogP contribution < -0.4 is 5.32 Å². The Morgan fingerprint density at radius 1 is 1.14 bits per heavy atom. The topological polar surface area (TPSA) is 64.7 Å². The maximum Gasteiger partial charge on any atom is 0.249 e. The molecule has 0 aliphatic heterocycles. The van der Waals surface area contributed by atoms with E-state index in [-0.39, 0.29) is 5.91 Å². The van der Waals surface area contributed by atoms with Crippen molar-refractivity contribution in [3.05, 3.63) is 27.8 Å². The Balaban J connectivity index is 2.26. The van der Waals surface area contributed by atoms with E-state index in [1.165, 1.54) is 0 Å². The summed E-state index contributed by atoms with van der Waals surface area (Å²) in [6.45, 7) is 9.26. The molecule has 2 aromatic rings. The van der Waals surface area contributed by atoms with Crippen molar-refractivity contribution in [1.82, 2.24) is 19.6 Å². The van der Waals surface area contributed by atoms with Crippen molar-refractivity contribution >= 4 is 23.2 Å². The quantitative estimate of drug-likeness (QED) is 0.948. The van der Waals surface area contributed by atoms with Crippen LogP contribution in [0.2, 0.25) is 5.02 Å². The first kappa shape index (κ1) is 15.6. The maximum absolute atomic E-state index is 12.4. The Morgan fingerprint density at radius 3 is 2.19 bits per heavy atom. The molecule has 0 radical (unpaired) electrons. The lowest BCUT2D eigenvalue weighted by Gasteiger charge is -2.14. The van der Waals surface area contributed by atoms with Crippen molar-refractivity contribution in [2.75, 3.05) is 5.32 Å². The smallest absolute Gasteiger partial charge is 0.249 e. The molecule has 0 fully saturated rings. The summed E-state index contributed by atoms with van der Waals surface area (Å²) in [5.41, 5.74) is 3.97. The number of halogens is 1. The normalized spacial score (nSPS) is 12.5. The van der Waals surface area contributed by atoms with Crippen molar-refractivity contribution in [1.29, 1.82) is 0 Å². The first-order valence-electron chi connectivity index (χ1n) is 6.76. The molecule has 21 heavy (non-hydrogen) atoms. The fraction of sp³-hybridized carbons (Fsp3) is 0.500. The number of nitrogens with zero attached hydrogens (tertiary/aromatic N) is 4. The summed E-state index contributed by atoms with van der Waals surface area (Å²) >= 11 is 6.13. The van der Waals surface area contributed by atoms with Crippen LogP contribution in [0.3, 0.4) is 0 Å². The Bertz CT molecular complexity index is 701. The van der Waals surface area contributed by atoms with Crippen molar-refractivity contribution in [3.8, 4) is 0 Å². The number of anilines is 1. The Kier molecular flexibility index (Phi) is 4.09. The van der Waals surface area contributed by atoms with Gasteiger partial charge < -0.3 is 5.32 Å². The van der Waals surface area contributed by atoms with Gasteiger partial charge in [0.1, 0.15) is 6.04 Å². The Hall–Kier alpha value is -1.82. The molecule has 1 amide bonds. The van der Waals surface area contributed by atoms with Gasteiger partial charge in [0.25, 0.3) is 0 Å². The van der Waals surface area contributed by atoms with Crippen LogP contribution in [0.4, 0.5) is 5.69 Å². The number of rotatable bonds is 3. The predicted octanol–water partition coefficient (Wildman–Crippen LogP) is 2.70. The summed E-state index contributed by atoms with van der Waals surface area (Å²) < 4.78 is 3.39. The van der Waals surface area contributed by atoms with Crippen LogP contribution in [0.25, 0.3) is 0 Å². The number of aromatic nitrogens is 4. The molecule has 2 heterocycles.